The van der Waals surface area contributed by atoms with Crippen LogP contribution in [0.15, 0.2) is 72.9 Å². The van der Waals surface area contributed by atoms with Gasteiger partial charge in [0.15, 0.2) is 0 Å². The van der Waals surface area contributed by atoms with Crippen LogP contribution in [0.1, 0.15) is 22.3 Å². The second-order valence-electron chi connectivity index (χ2n) is 10.5. The van der Waals surface area contributed by atoms with E-state index < -0.39 is 23.4 Å². The van der Waals surface area contributed by atoms with Crippen LogP contribution < -0.4 is 15.5 Å². The Labute approximate surface area is 213 Å². The molecule has 3 aliphatic heterocycles. The number of hydrogen-bond donors (Lipinski definition) is 3. The van der Waals surface area contributed by atoms with Crippen LogP contribution in [0.2, 0.25) is 0 Å². The number of carbonyl (C=O) groups excluding carboxylic acids is 3. The standard InChI is InChI=1S/C30H26N4O3/c1-16-7-10-19(11-8-16)34-27(35)25-24(14-18-15-31-22-6-4-3-5-20(18)22)33-30(26(25)28(34)36)21-13-17(2)9-12-23(21)32-29(30)37/h3-13,15,24-26,31,33H,14H2,1-2H3,(H,32,37)/t24?,25-,26+,30?/m1/s1. The van der Waals surface area contributed by atoms with Crippen molar-refractivity contribution >= 4 is 40.0 Å². The SMILES string of the molecule is Cc1ccc(N2C(=O)[C@@H]3C(Cc4c[nH]c5ccccc45)NC4(C(=O)Nc5ccc(C)cc54)[C@@H]3C2=O)cc1. The van der Waals surface area contributed by atoms with Crippen molar-refractivity contribution < 1.29 is 14.4 Å². The van der Waals surface area contributed by atoms with Gasteiger partial charge >= 0.3 is 0 Å². The highest BCUT2D eigenvalue weighted by atomic mass is 16.2. The summed E-state index contributed by atoms with van der Waals surface area (Å²) < 4.78 is 0. The lowest BCUT2D eigenvalue weighted by atomic mass is 9.76. The molecule has 3 aliphatic rings. The Bertz CT molecular complexity index is 1620. The summed E-state index contributed by atoms with van der Waals surface area (Å²) in [5.74, 6) is -2.41. The van der Waals surface area contributed by atoms with E-state index in [1.54, 1.807) is 12.1 Å². The van der Waals surface area contributed by atoms with Gasteiger partial charge < -0.3 is 10.3 Å². The molecule has 0 bridgehead atoms. The number of amides is 3. The molecule has 2 saturated heterocycles. The van der Waals surface area contributed by atoms with Gasteiger partial charge in [-0.1, -0.05) is 53.6 Å². The Morgan fingerprint density at radius 3 is 2.46 bits per heavy atom. The molecule has 0 aliphatic carbocycles. The fourth-order valence-electron chi connectivity index (χ4n) is 6.58. The van der Waals surface area contributed by atoms with Crippen molar-refractivity contribution in [1.29, 1.82) is 0 Å². The Hall–Kier alpha value is -4.23. The monoisotopic (exact) mass is 490 g/mol. The number of imide groups is 1. The first-order chi connectivity index (χ1) is 17.9. The molecule has 3 amide bonds. The molecule has 2 fully saturated rings. The molecule has 3 N–H and O–H groups in total. The van der Waals surface area contributed by atoms with Crippen molar-refractivity contribution in [2.45, 2.75) is 31.8 Å². The quantitative estimate of drug-likeness (QED) is 0.379. The van der Waals surface area contributed by atoms with Crippen LogP contribution in [0, 0.1) is 25.7 Å². The molecule has 1 aromatic heterocycles. The van der Waals surface area contributed by atoms with Gasteiger partial charge in [0.1, 0.15) is 5.54 Å². The predicted octanol–water partition coefficient (Wildman–Crippen LogP) is 3.95. The summed E-state index contributed by atoms with van der Waals surface area (Å²) in [4.78, 5) is 46.5. The zero-order valence-corrected chi connectivity index (χ0v) is 20.5. The van der Waals surface area contributed by atoms with Crippen LogP contribution in [0.25, 0.3) is 10.9 Å². The zero-order chi connectivity index (χ0) is 25.5. The van der Waals surface area contributed by atoms with E-state index >= 15 is 0 Å². The van der Waals surface area contributed by atoms with Gasteiger partial charge in [0.25, 0.3) is 0 Å². The Morgan fingerprint density at radius 1 is 0.892 bits per heavy atom. The molecule has 184 valence electrons. The van der Waals surface area contributed by atoms with E-state index in [0.717, 1.165) is 33.2 Å². The number of H-pyrrole nitrogens is 1. The first-order valence-corrected chi connectivity index (χ1v) is 12.6. The van der Waals surface area contributed by atoms with Gasteiger partial charge in [-0.3, -0.25) is 19.7 Å². The number of para-hydroxylation sites is 1. The maximum atomic E-state index is 14.1. The van der Waals surface area contributed by atoms with Gasteiger partial charge in [0.05, 0.1) is 17.5 Å². The van der Waals surface area contributed by atoms with Gasteiger partial charge in [0, 0.05) is 34.4 Å². The zero-order valence-electron chi connectivity index (χ0n) is 20.5. The summed E-state index contributed by atoms with van der Waals surface area (Å²) >= 11 is 0. The Kier molecular flexibility index (Phi) is 4.54. The molecule has 4 aromatic rings. The molecule has 1 spiro atoms. The summed E-state index contributed by atoms with van der Waals surface area (Å²) in [6.07, 6.45) is 2.46. The summed E-state index contributed by atoms with van der Waals surface area (Å²) in [6, 6.07) is 20.8. The number of aryl methyl sites for hydroxylation is 2. The van der Waals surface area contributed by atoms with E-state index in [2.05, 4.69) is 15.6 Å². The number of nitrogens with zero attached hydrogens (tertiary/aromatic N) is 1. The molecule has 7 heteroatoms. The van der Waals surface area contributed by atoms with Crippen LogP contribution in [-0.2, 0) is 26.3 Å². The number of nitrogens with one attached hydrogen (secondary N) is 3. The minimum absolute atomic E-state index is 0.262. The van der Waals surface area contributed by atoms with E-state index in [9.17, 15) is 14.4 Å². The second-order valence-corrected chi connectivity index (χ2v) is 10.5. The number of rotatable bonds is 3. The molecule has 4 heterocycles. The van der Waals surface area contributed by atoms with Crippen LogP contribution in [0.5, 0.6) is 0 Å². The van der Waals surface area contributed by atoms with E-state index in [1.807, 2.05) is 74.6 Å². The first kappa shape index (κ1) is 22.0. The van der Waals surface area contributed by atoms with Crippen molar-refractivity contribution in [2.24, 2.45) is 11.8 Å². The van der Waals surface area contributed by atoms with Gasteiger partial charge in [-0.2, -0.15) is 0 Å². The second kappa shape index (κ2) is 7.63. The average Bonchev–Trinajstić information content (AvgIpc) is 3.59. The molecule has 4 atom stereocenters. The highest BCUT2D eigenvalue weighted by Gasteiger charge is 2.70. The van der Waals surface area contributed by atoms with E-state index in [0.29, 0.717) is 17.8 Å². The molecule has 7 rings (SSSR count). The number of anilines is 2. The lowest BCUT2D eigenvalue weighted by Gasteiger charge is -2.29. The van der Waals surface area contributed by atoms with Crippen LogP contribution in [0.4, 0.5) is 11.4 Å². The minimum Gasteiger partial charge on any atom is -0.361 e. The Balaban J connectivity index is 1.38. The van der Waals surface area contributed by atoms with E-state index in [1.165, 1.54) is 4.90 Å². The molecular formula is C30H26N4O3. The number of hydrogen-bond acceptors (Lipinski definition) is 4. The Morgan fingerprint density at radius 2 is 1.65 bits per heavy atom. The first-order valence-electron chi connectivity index (χ1n) is 12.6. The van der Waals surface area contributed by atoms with Gasteiger partial charge in [-0.25, -0.2) is 4.90 Å². The molecular weight excluding hydrogens is 464 g/mol. The maximum absolute atomic E-state index is 14.1. The fraction of sp³-hybridized carbons (Fsp3) is 0.233. The predicted molar refractivity (Wildman–Crippen MR) is 141 cm³/mol. The third kappa shape index (κ3) is 2.95. The summed E-state index contributed by atoms with van der Waals surface area (Å²) in [5, 5.41) is 7.61. The molecule has 37 heavy (non-hydrogen) atoms. The fourth-order valence-corrected chi connectivity index (χ4v) is 6.58. The average molecular weight is 491 g/mol. The van der Waals surface area contributed by atoms with Gasteiger partial charge in [0.2, 0.25) is 17.7 Å². The van der Waals surface area contributed by atoms with Gasteiger partial charge in [-0.05, 0) is 50.1 Å². The third-order valence-electron chi connectivity index (χ3n) is 8.28. The molecule has 0 saturated carbocycles. The maximum Gasteiger partial charge on any atom is 0.250 e. The lowest BCUT2D eigenvalue weighted by molar-refractivity contribution is -0.130. The summed E-state index contributed by atoms with van der Waals surface area (Å²) in [5.41, 5.74) is 4.73. The van der Waals surface area contributed by atoms with Crippen molar-refractivity contribution in [2.75, 3.05) is 10.2 Å². The summed E-state index contributed by atoms with van der Waals surface area (Å²) in [6.45, 7) is 3.93. The highest BCUT2D eigenvalue weighted by Crippen LogP contribution is 2.54. The van der Waals surface area contributed by atoms with Crippen LogP contribution in [-0.4, -0.2) is 28.7 Å². The smallest absolute Gasteiger partial charge is 0.250 e. The molecule has 3 aromatic carbocycles. The van der Waals surface area contributed by atoms with Crippen LogP contribution >= 0.6 is 0 Å². The number of aromatic nitrogens is 1. The lowest BCUT2D eigenvalue weighted by Crippen LogP contribution is -2.53. The van der Waals surface area contributed by atoms with Crippen molar-refractivity contribution in [3.05, 3.63) is 95.2 Å². The van der Waals surface area contributed by atoms with Crippen molar-refractivity contribution in [1.82, 2.24) is 10.3 Å². The van der Waals surface area contributed by atoms with Crippen molar-refractivity contribution in [3.63, 3.8) is 0 Å². The third-order valence-corrected chi connectivity index (χ3v) is 8.28. The molecule has 7 nitrogen and oxygen atoms in total. The number of carbonyl (C=O) groups is 3. The number of benzene rings is 3. The van der Waals surface area contributed by atoms with E-state index in [-0.39, 0.29) is 17.7 Å². The number of aromatic amines is 1. The van der Waals surface area contributed by atoms with Crippen LogP contribution in [0.3, 0.4) is 0 Å². The minimum atomic E-state index is -1.31. The molecule has 2 unspecified atom stereocenters. The number of fused-ring (bicyclic) bond motifs is 5. The van der Waals surface area contributed by atoms with Crippen molar-refractivity contribution in [3.8, 4) is 0 Å². The normalized spacial score (nSPS) is 26.3. The summed E-state index contributed by atoms with van der Waals surface area (Å²) in [7, 11) is 0. The molecule has 0 radical (unpaired) electrons. The van der Waals surface area contributed by atoms with Gasteiger partial charge in [-0.15, -0.1) is 0 Å². The largest absolute Gasteiger partial charge is 0.361 e. The highest BCUT2D eigenvalue weighted by molar-refractivity contribution is 6.25. The topological polar surface area (TPSA) is 94.3 Å². The van der Waals surface area contributed by atoms with E-state index in [4.69, 9.17) is 0 Å².